The molecule has 0 bridgehead atoms. The molecule has 4 N–H and O–H groups in total. The van der Waals surface area contributed by atoms with Gasteiger partial charge in [-0.15, -0.1) is 0 Å². The second-order valence-corrected chi connectivity index (χ2v) is 7.89. The summed E-state index contributed by atoms with van der Waals surface area (Å²) in [5.41, 5.74) is 14.1. The average molecular weight is 433 g/mol. The van der Waals surface area contributed by atoms with E-state index in [9.17, 15) is 4.79 Å². The van der Waals surface area contributed by atoms with Crippen molar-refractivity contribution in [2.45, 2.75) is 19.3 Å². The van der Waals surface area contributed by atoms with Crippen LogP contribution in [0.2, 0.25) is 0 Å². The van der Waals surface area contributed by atoms with Crippen LogP contribution in [0.15, 0.2) is 60.9 Å². The number of carbonyl (C=O) groups excluding carboxylic acids is 1. The van der Waals surface area contributed by atoms with Gasteiger partial charge < -0.3 is 15.4 Å². The predicted molar refractivity (Wildman–Crippen MR) is 126 cm³/mol. The molecule has 1 saturated heterocycles. The largest absolute Gasteiger partial charge is 0.497 e. The van der Waals surface area contributed by atoms with E-state index in [2.05, 4.69) is 56.1 Å². The third-order valence-corrected chi connectivity index (χ3v) is 5.79. The van der Waals surface area contributed by atoms with Crippen molar-refractivity contribution in [3.63, 3.8) is 0 Å². The van der Waals surface area contributed by atoms with Gasteiger partial charge in [-0.3, -0.25) is 15.6 Å². The predicted octanol–water partition coefficient (Wildman–Crippen LogP) is 3.28. The molecule has 8 nitrogen and oxygen atoms in total. The molecule has 2 heterocycles. The number of anilines is 3. The zero-order valence-electron chi connectivity index (χ0n) is 18.1. The Morgan fingerprint density at radius 3 is 2.50 bits per heavy atom. The fourth-order valence-corrected chi connectivity index (χ4v) is 3.96. The van der Waals surface area contributed by atoms with E-state index >= 15 is 0 Å². The maximum atomic E-state index is 12.4. The lowest BCUT2D eigenvalue weighted by molar-refractivity contribution is 0.0962. The van der Waals surface area contributed by atoms with Crippen molar-refractivity contribution in [2.75, 3.05) is 36.3 Å². The minimum absolute atomic E-state index is 0.297. The lowest BCUT2D eigenvalue weighted by atomic mass is 9.90. The van der Waals surface area contributed by atoms with Gasteiger partial charge in [0.2, 0.25) is 0 Å². The van der Waals surface area contributed by atoms with Gasteiger partial charge in [0, 0.05) is 18.7 Å². The van der Waals surface area contributed by atoms with Gasteiger partial charge in [0.25, 0.3) is 5.91 Å². The van der Waals surface area contributed by atoms with Gasteiger partial charge in [-0.05, 0) is 55.0 Å². The highest BCUT2D eigenvalue weighted by Crippen LogP contribution is 2.30. The number of nitrogen functional groups attached to an aromatic ring is 1. The molecule has 1 aromatic heterocycles. The first kappa shape index (κ1) is 21.4. The Bertz CT molecular complexity index is 1030. The minimum Gasteiger partial charge on any atom is -0.497 e. The molecule has 1 aliphatic heterocycles. The summed E-state index contributed by atoms with van der Waals surface area (Å²) in [7, 11) is 1.58. The molecule has 32 heavy (non-hydrogen) atoms. The molecule has 1 fully saturated rings. The number of ether oxygens (including phenoxy) is 1. The number of nitrogens with one attached hydrogen (secondary N) is 2. The van der Waals surface area contributed by atoms with Crippen molar-refractivity contribution in [1.29, 1.82) is 0 Å². The molecule has 0 radical (unpaired) electrons. The maximum absolute atomic E-state index is 12.4. The number of rotatable bonds is 7. The normalized spacial score (nSPS) is 14.1. The van der Waals surface area contributed by atoms with E-state index in [0.717, 1.165) is 32.4 Å². The smallest absolute Gasteiger partial charge is 0.269 e. The molecule has 4 rings (SSSR count). The van der Waals surface area contributed by atoms with Gasteiger partial charge in [0.15, 0.2) is 11.6 Å². The van der Waals surface area contributed by atoms with E-state index in [1.165, 1.54) is 11.9 Å². The van der Waals surface area contributed by atoms with E-state index in [1.807, 2.05) is 0 Å². The molecular weight excluding hydrogens is 404 g/mol. The monoisotopic (exact) mass is 432 g/mol. The van der Waals surface area contributed by atoms with Crippen molar-refractivity contribution >= 4 is 23.2 Å². The van der Waals surface area contributed by atoms with Gasteiger partial charge >= 0.3 is 0 Å². The highest BCUT2D eigenvalue weighted by Gasteiger charge is 2.23. The Kier molecular flexibility index (Phi) is 6.69. The van der Waals surface area contributed by atoms with Crippen LogP contribution in [0.1, 0.15) is 28.8 Å². The number of hydrogen-bond acceptors (Lipinski definition) is 7. The summed E-state index contributed by atoms with van der Waals surface area (Å²) in [4.78, 5) is 23.2. The van der Waals surface area contributed by atoms with Crippen molar-refractivity contribution in [1.82, 2.24) is 15.4 Å². The van der Waals surface area contributed by atoms with Crippen LogP contribution >= 0.6 is 0 Å². The second kappa shape index (κ2) is 10.00. The SMILES string of the molecule is COc1ccc(C(=O)NNc2ncnc(N3CCC(Cc4ccccc4)CC3)c2N)cc1. The highest BCUT2D eigenvalue weighted by atomic mass is 16.5. The molecule has 0 saturated carbocycles. The molecule has 1 aliphatic rings. The minimum atomic E-state index is -0.297. The van der Waals surface area contributed by atoms with Crippen LogP contribution in [0.4, 0.5) is 17.3 Å². The lowest BCUT2D eigenvalue weighted by Crippen LogP contribution is -2.36. The Morgan fingerprint density at radius 2 is 1.81 bits per heavy atom. The summed E-state index contributed by atoms with van der Waals surface area (Å²) < 4.78 is 5.12. The topological polar surface area (TPSA) is 105 Å². The van der Waals surface area contributed by atoms with Gasteiger partial charge in [-0.25, -0.2) is 9.97 Å². The van der Waals surface area contributed by atoms with Crippen molar-refractivity contribution in [2.24, 2.45) is 5.92 Å². The van der Waals surface area contributed by atoms with Gasteiger partial charge in [0.1, 0.15) is 17.8 Å². The average Bonchev–Trinajstić information content (AvgIpc) is 2.84. The summed E-state index contributed by atoms with van der Waals surface area (Å²) in [5.74, 6) is 2.11. The van der Waals surface area contributed by atoms with E-state index in [1.54, 1.807) is 31.4 Å². The van der Waals surface area contributed by atoms with Crippen molar-refractivity contribution in [3.8, 4) is 5.75 Å². The first-order valence-electron chi connectivity index (χ1n) is 10.7. The molecule has 0 unspecified atom stereocenters. The zero-order chi connectivity index (χ0) is 22.3. The summed E-state index contributed by atoms with van der Waals surface area (Å²) in [5, 5.41) is 0. The summed E-state index contributed by atoms with van der Waals surface area (Å²) in [6.07, 6.45) is 4.71. The van der Waals surface area contributed by atoms with Crippen LogP contribution in [0.3, 0.4) is 0 Å². The third kappa shape index (κ3) is 5.08. The fraction of sp³-hybridized carbons (Fsp3) is 0.292. The van der Waals surface area contributed by atoms with Crippen LogP contribution in [-0.2, 0) is 6.42 Å². The number of hydrogen-bond donors (Lipinski definition) is 3. The number of benzene rings is 2. The van der Waals surface area contributed by atoms with E-state index in [4.69, 9.17) is 10.5 Å². The van der Waals surface area contributed by atoms with Gasteiger partial charge in [-0.1, -0.05) is 30.3 Å². The maximum Gasteiger partial charge on any atom is 0.269 e. The summed E-state index contributed by atoms with van der Waals surface area (Å²) >= 11 is 0. The Hall–Kier alpha value is -3.81. The molecular formula is C24H28N6O2. The summed E-state index contributed by atoms with van der Waals surface area (Å²) in [6, 6.07) is 17.4. The molecule has 1 amide bonds. The van der Waals surface area contributed by atoms with Crippen LogP contribution in [0.25, 0.3) is 0 Å². The Labute approximate surface area is 187 Å². The number of hydrazine groups is 1. The molecule has 0 atom stereocenters. The highest BCUT2D eigenvalue weighted by molar-refractivity contribution is 5.95. The standard InChI is InChI=1S/C24H28N6O2/c1-32-20-9-7-19(8-10-20)24(31)29-28-22-21(25)23(27-16-26-22)30-13-11-18(12-14-30)15-17-5-3-2-4-6-17/h2-10,16,18H,11-15,25H2,1H3,(H,29,31)(H,26,27,28). The Balaban J connectivity index is 1.34. The Morgan fingerprint density at radius 1 is 1.09 bits per heavy atom. The number of carbonyl (C=O) groups is 1. The number of methoxy groups -OCH3 is 1. The van der Waals surface area contributed by atoms with Crippen LogP contribution in [0.5, 0.6) is 5.75 Å². The van der Waals surface area contributed by atoms with Crippen LogP contribution < -0.4 is 26.2 Å². The quantitative estimate of drug-likeness (QED) is 0.492. The molecule has 166 valence electrons. The number of nitrogens with zero attached hydrogens (tertiary/aromatic N) is 3. The second-order valence-electron chi connectivity index (χ2n) is 7.89. The van der Waals surface area contributed by atoms with Gasteiger partial charge in [0.05, 0.1) is 7.11 Å². The van der Waals surface area contributed by atoms with Gasteiger partial charge in [-0.2, -0.15) is 0 Å². The fourth-order valence-electron chi connectivity index (χ4n) is 3.96. The van der Waals surface area contributed by atoms with Crippen molar-refractivity contribution < 1.29 is 9.53 Å². The molecule has 8 heteroatoms. The number of nitrogens with two attached hydrogens (primary N) is 1. The van der Waals surface area contributed by atoms with Crippen LogP contribution in [-0.4, -0.2) is 36.1 Å². The summed E-state index contributed by atoms with van der Waals surface area (Å²) in [6.45, 7) is 1.77. The molecule has 0 spiro atoms. The number of aromatic nitrogens is 2. The van der Waals surface area contributed by atoms with E-state index < -0.39 is 0 Å². The van der Waals surface area contributed by atoms with Crippen molar-refractivity contribution in [3.05, 3.63) is 72.1 Å². The molecule has 3 aromatic rings. The zero-order valence-corrected chi connectivity index (χ0v) is 18.1. The number of piperidine rings is 1. The van der Waals surface area contributed by atoms with Crippen LogP contribution in [0, 0.1) is 5.92 Å². The lowest BCUT2D eigenvalue weighted by Gasteiger charge is -2.33. The van der Waals surface area contributed by atoms with E-state index in [0.29, 0.717) is 34.6 Å². The first-order valence-corrected chi connectivity index (χ1v) is 10.7. The third-order valence-electron chi connectivity index (χ3n) is 5.79. The molecule has 0 aliphatic carbocycles. The van der Waals surface area contributed by atoms with E-state index in [-0.39, 0.29) is 5.91 Å². The number of amides is 1. The molecule has 2 aromatic carbocycles. The first-order chi connectivity index (χ1) is 15.6.